The lowest BCUT2D eigenvalue weighted by Gasteiger charge is -2.12. The van der Waals surface area contributed by atoms with Gasteiger partial charge in [0.15, 0.2) is 0 Å². The van der Waals surface area contributed by atoms with E-state index in [9.17, 15) is 0 Å². The predicted octanol–water partition coefficient (Wildman–Crippen LogP) is 13.8. The van der Waals surface area contributed by atoms with Crippen molar-refractivity contribution in [1.29, 1.82) is 0 Å². The van der Waals surface area contributed by atoms with Crippen molar-refractivity contribution in [2.75, 3.05) is 0 Å². The van der Waals surface area contributed by atoms with Crippen molar-refractivity contribution in [2.45, 2.75) is 0 Å². The van der Waals surface area contributed by atoms with Gasteiger partial charge in [0.2, 0.25) is 0 Å². The summed E-state index contributed by atoms with van der Waals surface area (Å²) < 4.78 is 6.66. The van der Waals surface area contributed by atoms with Gasteiger partial charge in [0.05, 0.1) is 0 Å². The summed E-state index contributed by atoms with van der Waals surface area (Å²) in [6.45, 7) is 0. The summed E-state index contributed by atoms with van der Waals surface area (Å²) >= 11 is 0. The molecule has 11 rings (SSSR count). The fraction of sp³-hybridized carbons (Fsp3) is 0. The molecule has 0 aliphatic carbocycles. The zero-order chi connectivity index (χ0) is 32.1. The van der Waals surface area contributed by atoms with Gasteiger partial charge in [-0.3, -0.25) is 0 Å². The van der Waals surface area contributed by atoms with Crippen molar-refractivity contribution in [1.82, 2.24) is 0 Å². The first-order valence-electron chi connectivity index (χ1n) is 16.9. The number of hydrogen-bond donors (Lipinski definition) is 0. The molecule has 0 bridgehead atoms. The van der Waals surface area contributed by atoms with E-state index in [0.717, 1.165) is 33.1 Å². The minimum absolute atomic E-state index is 0.906. The van der Waals surface area contributed by atoms with Crippen LogP contribution in [-0.2, 0) is 0 Å². The zero-order valence-corrected chi connectivity index (χ0v) is 26.6. The highest BCUT2D eigenvalue weighted by Crippen LogP contribution is 2.41. The van der Waals surface area contributed by atoms with E-state index in [-0.39, 0.29) is 0 Å². The molecule has 0 amide bonds. The largest absolute Gasteiger partial charge is 0.456 e. The number of benzene rings is 10. The number of hydrogen-bond acceptors (Lipinski definition) is 1. The SMILES string of the molecule is c1ccc2cc3c(ccc4c(-c5ccc6c(c5)oc5cc(-c7cc8cc9ccccc9cc8c8ccccc78)ccc56)cccc43)cc2c1. The minimum Gasteiger partial charge on any atom is -0.456 e. The Morgan fingerprint density at radius 2 is 0.735 bits per heavy atom. The molecular formula is C48H28O. The summed E-state index contributed by atoms with van der Waals surface area (Å²) in [4.78, 5) is 0. The highest BCUT2D eigenvalue weighted by Gasteiger charge is 2.15. The summed E-state index contributed by atoms with van der Waals surface area (Å²) in [7, 11) is 0. The third-order valence-corrected chi connectivity index (χ3v) is 10.6. The molecule has 0 unspecified atom stereocenters. The Morgan fingerprint density at radius 1 is 0.245 bits per heavy atom. The smallest absolute Gasteiger partial charge is 0.136 e. The molecule has 0 aliphatic rings. The van der Waals surface area contributed by atoms with Crippen LogP contribution in [0.1, 0.15) is 0 Å². The molecule has 0 N–H and O–H groups in total. The van der Waals surface area contributed by atoms with Crippen molar-refractivity contribution in [3.63, 3.8) is 0 Å². The van der Waals surface area contributed by atoms with Crippen LogP contribution in [-0.4, -0.2) is 0 Å². The van der Waals surface area contributed by atoms with Gasteiger partial charge in [0, 0.05) is 10.8 Å². The van der Waals surface area contributed by atoms with Crippen LogP contribution in [0.3, 0.4) is 0 Å². The van der Waals surface area contributed by atoms with E-state index in [4.69, 9.17) is 4.42 Å². The van der Waals surface area contributed by atoms with Gasteiger partial charge in [0.1, 0.15) is 11.2 Å². The highest BCUT2D eigenvalue weighted by molar-refractivity contribution is 6.18. The van der Waals surface area contributed by atoms with Gasteiger partial charge < -0.3 is 4.42 Å². The first-order chi connectivity index (χ1) is 24.2. The van der Waals surface area contributed by atoms with Crippen LogP contribution >= 0.6 is 0 Å². The topological polar surface area (TPSA) is 13.1 Å². The van der Waals surface area contributed by atoms with Crippen molar-refractivity contribution >= 4 is 86.6 Å². The maximum Gasteiger partial charge on any atom is 0.136 e. The molecule has 0 radical (unpaired) electrons. The summed E-state index contributed by atoms with van der Waals surface area (Å²) in [5.74, 6) is 0. The van der Waals surface area contributed by atoms with Crippen LogP contribution in [0.25, 0.3) is 109 Å². The van der Waals surface area contributed by atoms with Gasteiger partial charge in [-0.05, 0) is 141 Å². The average molecular weight is 621 g/mol. The van der Waals surface area contributed by atoms with Crippen LogP contribution in [0.15, 0.2) is 174 Å². The fourth-order valence-corrected chi connectivity index (χ4v) is 8.18. The molecule has 1 aromatic heterocycles. The minimum atomic E-state index is 0.906. The van der Waals surface area contributed by atoms with Crippen molar-refractivity contribution in [3.8, 4) is 22.3 Å². The second kappa shape index (κ2) is 10.0. The third-order valence-electron chi connectivity index (χ3n) is 10.6. The Hall–Kier alpha value is -6.44. The van der Waals surface area contributed by atoms with E-state index in [1.54, 1.807) is 0 Å². The van der Waals surface area contributed by atoms with E-state index >= 15 is 0 Å². The predicted molar refractivity (Wildman–Crippen MR) is 210 cm³/mol. The van der Waals surface area contributed by atoms with Crippen LogP contribution in [0.4, 0.5) is 0 Å². The molecule has 0 saturated carbocycles. The monoisotopic (exact) mass is 620 g/mol. The molecule has 0 spiro atoms. The van der Waals surface area contributed by atoms with Crippen molar-refractivity contribution < 1.29 is 4.42 Å². The normalized spacial score (nSPS) is 12.1. The lowest BCUT2D eigenvalue weighted by atomic mass is 9.91. The van der Waals surface area contributed by atoms with E-state index in [1.165, 1.54) is 75.8 Å². The summed E-state index contributed by atoms with van der Waals surface area (Å²) in [6.07, 6.45) is 0. The first kappa shape index (κ1) is 26.6. The standard InChI is InChI=1S/C48H28O/c1-3-10-31-24-44-33(22-29(31)8-1)16-19-41-37(14-7-15-40(41)44)34-17-20-42-43-21-18-35(28-48(43)49-47(42)27-34)45-26-36-23-30-9-2-4-11-32(30)25-46(36)39-13-6-5-12-38(39)45/h1-28H. The molecule has 1 heteroatoms. The van der Waals surface area contributed by atoms with Gasteiger partial charge in [-0.25, -0.2) is 0 Å². The molecule has 10 aromatic carbocycles. The average Bonchev–Trinajstić information content (AvgIpc) is 3.53. The van der Waals surface area contributed by atoms with Crippen molar-refractivity contribution in [3.05, 3.63) is 170 Å². The summed E-state index contributed by atoms with van der Waals surface area (Å²) in [5, 5.41) is 17.4. The van der Waals surface area contributed by atoms with Crippen LogP contribution < -0.4 is 0 Å². The van der Waals surface area contributed by atoms with E-state index < -0.39 is 0 Å². The first-order valence-corrected chi connectivity index (χ1v) is 16.9. The maximum atomic E-state index is 6.66. The molecule has 1 heterocycles. The molecule has 226 valence electrons. The summed E-state index contributed by atoms with van der Waals surface area (Å²) in [5.41, 5.74) is 6.56. The van der Waals surface area contributed by atoms with E-state index in [1.807, 2.05) is 0 Å². The molecule has 11 aromatic rings. The van der Waals surface area contributed by atoms with E-state index in [0.29, 0.717) is 0 Å². The van der Waals surface area contributed by atoms with Gasteiger partial charge in [-0.2, -0.15) is 0 Å². The maximum absolute atomic E-state index is 6.66. The van der Waals surface area contributed by atoms with Gasteiger partial charge in [-0.15, -0.1) is 0 Å². The Morgan fingerprint density at radius 3 is 1.41 bits per heavy atom. The molecule has 0 saturated heterocycles. The van der Waals surface area contributed by atoms with Gasteiger partial charge in [-0.1, -0.05) is 115 Å². The van der Waals surface area contributed by atoms with E-state index in [2.05, 4.69) is 170 Å². The van der Waals surface area contributed by atoms with Crippen LogP contribution in [0.2, 0.25) is 0 Å². The molecular weight excluding hydrogens is 593 g/mol. The molecule has 1 nitrogen and oxygen atoms in total. The molecule has 0 aliphatic heterocycles. The third kappa shape index (κ3) is 4.00. The van der Waals surface area contributed by atoms with Gasteiger partial charge >= 0.3 is 0 Å². The van der Waals surface area contributed by atoms with Crippen LogP contribution in [0.5, 0.6) is 0 Å². The molecule has 0 fully saturated rings. The Kier molecular flexibility index (Phi) is 5.45. The number of rotatable bonds is 2. The Labute approximate surface area is 282 Å². The van der Waals surface area contributed by atoms with Crippen molar-refractivity contribution in [2.24, 2.45) is 0 Å². The van der Waals surface area contributed by atoms with Crippen LogP contribution in [0, 0.1) is 0 Å². The lowest BCUT2D eigenvalue weighted by Crippen LogP contribution is -1.85. The Bertz CT molecular complexity index is 3160. The quantitative estimate of drug-likeness (QED) is 0.138. The lowest BCUT2D eigenvalue weighted by molar-refractivity contribution is 0.669. The molecule has 0 atom stereocenters. The second-order valence-electron chi connectivity index (χ2n) is 13.3. The zero-order valence-electron chi connectivity index (χ0n) is 26.6. The number of furan rings is 1. The Balaban J connectivity index is 1.06. The highest BCUT2D eigenvalue weighted by atomic mass is 16.3. The summed E-state index contributed by atoms with van der Waals surface area (Å²) in [6, 6.07) is 62.2. The second-order valence-corrected chi connectivity index (χ2v) is 13.3. The fourth-order valence-electron chi connectivity index (χ4n) is 8.18. The molecule has 49 heavy (non-hydrogen) atoms. The van der Waals surface area contributed by atoms with Gasteiger partial charge in [0.25, 0.3) is 0 Å². The number of fused-ring (bicyclic) bond motifs is 11.